The molecule has 1 fully saturated rings. The van der Waals surface area contributed by atoms with Crippen LogP contribution in [0.25, 0.3) is 10.2 Å². The number of hydrogen-bond acceptors (Lipinski definition) is 6. The van der Waals surface area contributed by atoms with Crippen molar-refractivity contribution in [2.45, 2.75) is 44.0 Å². The van der Waals surface area contributed by atoms with Crippen molar-refractivity contribution in [1.82, 2.24) is 4.57 Å². The van der Waals surface area contributed by atoms with Crippen molar-refractivity contribution in [3.8, 4) is 0 Å². The number of ether oxygens (including phenoxy) is 1. The van der Waals surface area contributed by atoms with Gasteiger partial charge in [0.25, 0.3) is 5.91 Å². The van der Waals surface area contributed by atoms with E-state index in [1.807, 2.05) is 0 Å². The Labute approximate surface area is 160 Å². The number of primary sulfonamides is 1. The number of fused-ring (bicyclic) bond motifs is 1. The summed E-state index contributed by atoms with van der Waals surface area (Å²) >= 11 is 1.15. The fraction of sp³-hybridized carbons (Fsp3) is 0.471. The molecule has 10 heteroatoms. The molecule has 0 saturated heterocycles. The lowest BCUT2D eigenvalue weighted by atomic mass is 10.1. The summed E-state index contributed by atoms with van der Waals surface area (Å²) in [6.07, 6.45) is 3.67. The minimum atomic E-state index is -3.86. The number of amides is 1. The number of rotatable bonds is 5. The van der Waals surface area contributed by atoms with Gasteiger partial charge in [-0.15, -0.1) is 0 Å². The van der Waals surface area contributed by atoms with Crippen molar-refractivity contribution in [3.63, 3.8) is 0 Å². The lowest BCUT2D eigenvalue weighted by molar-refractivity contribution is -0.143. The lowest BCUT2D eigenvalue weighted by Crippen LogP contribution is -2.24. The maximum Gasteiger partial charge on any atom is 0.326 e. The zero-order valence-electron chi connectivity index (χ0n) is 14.9. The fourth-order valence-electron chi connectivity index (χ4n) is 3.16. The van der Waals surface area contributed by atoms with Gasteiger partial charge in [0.2, 0.25) is 10.0 Å². The van der Waals surface area contributed by atoms with Crippen LogP contribution in [-0.2, 0) is 30.9 Å². The average molecular weight is 412 g/mol. The fourth-order valence-corrected chi connectivity index (χ4v) is 4.85. The average Bonchev–Trinajstić information content (AvgIpc) is 3.23. The van der Waals surface area contributed by atoms with E-state index >= 15 is 0 Å². The van der Waals surface area contributed by atoms with Crippen molar-refractivity contribution in [2.75, 3.05) is 6.61 Å². The summed E-state index contributed by atoms with van der Waals surface area (Å²) in [5.41, 5.74) is 0.596. The van der Waals surface area contributed by atoms with Gasteiger partial charge in [-0.3, -0.25) is 9.59 Å². The molecule has 0 bridgehead atoms. The van der Waals surface area contributed by atoms with Gasteiger partial charge in [0.05, 0.1) is 21.7 Å². The summed E-state index contributed by atoms with van der Waals surface area (Å²) in [7, 11) is -3.86. The topological polar surface area (TPSA) is 121 Å². The van der Waals surface area contributed by atoms with Gasteiger partial charge in [0.15, 0.2) is 4.80 Å². The van der Waals surface area contributed by atoms with Crippen LogP contribution in [0.4, 0.5) is 0 Å². The Balaban J connectivity index is 2.11. The lowest BCUT2D eigenvalue weighted by Gasteiger charge is -2.06. The monoisotopic (exact) mass is 411 g/mol. The second-order valence-corrected chi connectivity index (χ2v) is 8.95. The normalized spacial score (nSPS) is 16.1. The third kappa shape index (κ3) is 4.45. The third-order valence-electron chi connectivity index (χ3n) is 4.49. The molecule has 1 heterocycles. The molecule has 2 aromatic rings. The number of aromatic nitrogens is 1. The molecular weight excluding hydrogens is 390 g/mol. The number of thiazole rings is 1. The highest BCUT2D eigenvalue weighted by Crippen LogP contribution is 2.26. The van der Waals surface area contributed by atoms with Gasteiger partial charge in [0, 0.05) is 5.92 Å². The molecule has 1 saturated carbocycles. The van der Waals surface area contributed by atoms with Crippen LogP contribution >= 0.6 is 11.3 Å². The smallest absolute Gasteiger partial charge is 0.326 e. The van der Waals surface area contributed by atoms with Crippen molar-refractivity contribution in [2.24, 2.45) is 16.0 Å². The van der Waals surface area contributed by atoms with Crippen LogP contribution in [0.3, 0.4) is 0 Å². The van der Waals surface area contributed by atoms with Crippen molar-refractivity contribution in [3.05, 3.63) is 23.0 Å². The highest BCUT2D eigenvalue weighted by Gasteiger charge is 2.23. The van der Waals surface area contributed by atoms with E-state index in [2.05, 4.69) is 4.99 Å². The maximum atomic E-state index is 12.5. The van der Waals surface area contributed by atoms with Gasteiger partial charge < -0.3 is 9.30 Å². The molecule has 1 aliphatic rings. The molecule has 27 heavy (non-hydrogen) atoms. The van der Waals surface area contributed by atoms with E-state index in [9.17, 15) is 18.0 Å². The predicted molar refractivity (Wildman–Crippen MR) is 100 cm³/mol. The van der Waals surface area contributed by atoms with Crippen LogP contribution in [0.5, 0.6) is 0 Å². The van der Waals surface area contributed by atoms with E-state index < -0.39 is 16.0 Å². The molecule has 1 amide bonds. The highest BCUT2D eigenvalue weighted by molar-refractivity contribution is 7.89. The summed E-state index contributed by atoms with van der Waals surface area (Å²) in [6.45, 7) is 1.84. The van der Waals surface area contributed by atoms with Crippen molar-refractivity contribution < 1.29 is 22.7 Å². The van der Waals surface area contributed by atoms with Gasteiger partial charge in [-0.25, -0.2) is 13.6 Å². The molecule has 8 nitrogen and oxygen atoms in total. The Morgan fingerprint density at radius 2 is 2.04 bits per heavy atom. The van der Waals surface area contributed by atoms with E-state index in [0.29, 0.717) is 15.0 Å². The van der Waals surface area contributed by atoms with E-state index in [1.165, 1.54) is 12.1 Å². The zero-order valence-corrected chi connectivity index (χ0v) is 16.5. The van der Waals surface area contributed by atoms with Gasteiger partial charge in [-0.2, -0.15) is 4.99 Å². The second-order valence-electron chi connectivity index (χ2n) is 6.38. The molecule has 0 atom stereocenters. The first kappa shape index (κ1) is 19.7. The highest BCUT2D eigenvalue weighted by atomic mass is 32.2. The molecule has 1 aliphatic carbocycles. The van der Waals surface area contributed by atoms with Crippen LogP contribution in [0.15, 0.2) is 28.1 Å². The Bertz CT molecular complexity index is 1050. The summed E-state index contributed by atoms with van der Waals surface area (Å²) in [6, 6.07) is 4.36. The quantitative estimate of drug-likeness (QED) is 0.748. The van der Waals surface area contributed by atoms with Crippen LogP contribution in [0.2, 0.25) is 0 Å². The Kier molecular flexibility index (Phi) is 5.78. The molecule has 0 unspecified atom stereocenters. The Morgan fingerprint density at radius 1 is 1.33 bits per heavy atom. The number of carbonyl (C=O) groups is 2. The first-order chi connectivity index (χ1) is 12.8. The minimum absolute atomic E-state index is 0.0341. The van der Waals surface area contributed by atoms with Crippen LogP contribution < -0.4 is 9.94 Å². The molecular formula is C17H21N3O5S2. The van der Waals surface area contributed by atoms with Crippen molar-refractivity contribution >= 4 is 43.5 Å². The van der Waals surface area contributed by atoms with Gasteiger partial charge >= 0.3 is 5.97 Å². The van der Waals surface area contributed by atoms with Crippen LogP contribution in [0.1, 0.15) is 32.6 Å². The number of esters is 1. The summed E-state index contributed by atoms with van der Waals surface area (Å²) in [5, 5.41) is 5.19. The first-order valence-corrected chi connectivity index (χ1v) is 11.1. The number of benzene rings is 1. The number of hydrogen-bond donors (Lipinski definition) is 1. The molecule has 2 N–H and O–H groups in total. The summed E-state index contributed by atoms with van der Waals surface area (Å²) in [4.78, 5) is 29.0. The third-order valence-corrected chi connectivity index (χ3v) is 6.44. The Hall–Kier alpha value is -2.04. The van der Waals surface area contributed by atoms with Crippen LogP contribution in [0, 0.1) is 5.92 Å². The molecule has 0 radical (unpaired) electrons. The van der Waals surface area contributed by atoms with Gasteiger partial charge in [-0.05, 0) is 38.0 Å². The maximum absolute atomic E-state index is 12.5. The number of sulfonamides is 1. The molecule has 146 valence electrons. The molecule has 0 spiro atoms. The number of carbonyl (C=O) groups excluding carboxylic acids is 2. The molecule has 0 aliphatic heterocycles. The first-order valence-electron chi connectivity index (χ1n) is 8.70. The standard InChI is InChI=1S/C17H21N3O5S2/c1-2-25-15(21)10-20-13-8-7-12(27(18,23)24)9-14(13)26-17(20)19-16(22)11-5-3-4-6-11/h7-9,11H,2-6,10H2,1H3,(H2,18,23,24). The van der Waals surface area contributed by atoms with Crippen LogP contribution in [-0.4, -0.2) is 31.5 Å². The number of nitrogens with zero attached hydrogens (tertiary/aromatic N) is 2. The summed E-state index contributed by atoms with van der Waals surface area (Å²) < 4.78 is 30.4. The minimum Gasteiger partial charge on any atom is -0.465 e. The van der Waals surface area contributed by atoms with E-state index in [1.54, 1.807) is 17.6 Å². The van der Waals surface area contributed by atoms with Gasteiger partial charge in [0.1, 0.15) is 6.54 Å². The Morgan fingerprint density at radius 3 is 2.67 bits per heavy atom. The summed E-state index contributed by atoms with van der Waals surface area (Å²) in [5.74, 6) is -0.753. The predicted octanol–water partition coefficient (Wildman–Crippen LogP) is 1.53. The van der Waals surface area contributed by atoms with E-state index in [-0.39, 0.29) is 29.9 Å². The van der Waals surface area contributed by atoms with E-state index in [4.69, 9.17) is 9.88 Å². The van der Waals surface area contributed by atoms with E-state index in [0.717, 1.165) is 37.0 Å². The molecule has 1 aromatic carbocycles. The molecule has 1 aromatic heterocycles. The second kappa shape index (κ2) is 7.91. The van der Waals surface area contributed by atoms with Gasteiger partial charge in [-0.1, -0.05) is 24.2 Å². The molecule has 3 rings (SSSR count). The van der Waals surface area contributed by atoms with Crippen molar-refractivity contribution in [1.29, 1.82) is 0 Å². The SMILES string of the molecule is CCOC(=O)Cn1c(=NC(=O)C2CCCC2)sc2cc(S(N)(=O)=O)ccc21. The largest absolute Gasteiger partial charge is 0.465 e. The number of nitrogens with two attached hydrogens (primary N) is 1. The zero-order chi connectivity index (χ0) is 19.6.